The molecule has 0 aliphatic carbocycles. The van der Waals surface area contributed by atoms with E-state index in [0.29, 0.717) is 23.2 Å². The van der Waals surface area contributed by atoms with Crippen LogP contribution in [0.15, 0.2) is 12.1 Å². The summed E-state index contributed by atoms with van der Waals surface area (Å²) in [5, 5.41) is 3.10. The van der Waals surface area contributed by atoms with E-state index < -0.39 is 0 Å². The van der Waals surface area contributed by atoms with Crippen LogP contribution in [0.4, 0.5) is 0 Å². The number of ether oxygens (including phenoxy) is 3. The van der Waals surface area contributed by atoms with Gasteiger partial charge in [-0.3, -0.25) is 4.79 Å². The second kappa shape index (κ2) is 10.4. The first-order valence-corrected chi connectivity index (χ1v) is 9.88. The zero-order valence-corrected chi connectivity index (χ0v) is 17.4. The number of quaternary nitrogens is 1. The first kappa shape index (κ1) is 21.4. The standard InChI is InChI=1S/C21H34N2O4/c1-15(2)6-9-22-21(24)17-7-10-23(11-8-17)14-16-12-18(25-3)20(27-5)19(13-16)26-4/h12-13,15,17H,6-11,14H2,1-5H3,(H,22,24)/p+1. The molecule has 0 bridgehead atoms. The normalized spacial score (nSPS) is 19.6. The number of rotatable bonds is 9. The number of amides is 1. The van der Waals surface area contributed by atoms with Gasteiger partial charge in [0.2, 0.25) is 11.7 Å². The average molecular weight is 380 g/mol. The highest BCUT2D eigenvalue weighted by molar-refractivity contribution is 5.78. The third kappa shape index (κ3) is 6.03. The summed E-state index contributed by atoms with van der Waals surface area (Å²) in [6.07, 6.45) is 2.91. The predicted octanol–water partition coefficient (Wildman–Crippen LogP) is 1.67. The minimum Gasteiger partial charge on any atom is -0.493 e. The molecule has 1 amide bonds. The maximum absolute atomic E-state index is 12.3. The van der Waals surface area contributed by atoms with Crippen LogP contribution in [0, 0.1) is 11.8 Å². The minimum atomic E-state index is 0.154. The molecule has 1 aliphatic heterocycles. The van der Waals surface area contributed by atoms with E-state index in [1.54, 1.807) is 21.3 Å². The molecule has 0 spiro atoms. The van der Waals surface area contributed by atoms with Crippen LogP contribution in [0.3, 0.4) is 0 Å². The summed E-state index contributed by atoms with van der Waals surface area (Å²) >= 11 is 0. The van der Waals surface area contributed by atoms with E-state index in [1.165, 1.54) is 4.90 Å². The summed E-state index contributed by atoms with van der Waals surface area (Å²) in [5.74, 6) is 2.99. The van der Waals surface area contributed by atoms with E-state index in [-0.39, 0.29) is 11.8 Å². The number of likely N-dealkylation sites (tertiary alicyclic amines) is 1. The van der Waals surface area contributed by atoms with Crippen molar-refractivity contribution in [3.8, 4) is 17.2 Å². The predicted molar refractivity (Wildman–Crippen MR) is 106 cm³/mol. The smallest absolute Gasteiger partial charge is 0.223 e. The summed E-state index contributed by atoms with van der Waals surface area (Å²) < 4.78 is 16.3. The molecule has 6 heteroatoms. The second-order valence-corrected chi connectivity index (χ2v) is 7.71. The third-order valence-corrected chi connectivity index (χ3v) is 5.26. The molecule has 1 aliphatic rings. The molecule has 0 radical (unpaired) electrons. The van der Waals surface area contributed by atoms with Crippen LogP contribution in [0.5, 0.6) is 17.2 Å². The fourth-order valence-corrected chi connectivity index (χ4v) is 3.62. The minimum absolute atomic E-state index is 0.154. The molecule has 1 aromatic rings. The summed E-state index contributed by atoms with van der Waals surface area (Å²) in [6.45, 7) is 8.03. The number of hydrogen-bond donors (Lipinski definition) is 2. The molecule has 27 heavy (non-hydrogen) atoms. The summed E-state index contributed by atoms with van der Waals surface area (Å²) in [7, 11) is 4.89. The van der Waals surface area contributed by atoms with Crippen molar-refractivity contribution in [2.45, 2.75) is 39.7 Å². The van der Waals surface area contributed by atoms with Crippen LogP contribution in [-0.2, 0) is 11.3 Å². The molecule has 0 atom stereocenters. The molecule has 6 nitrogen and oxygen atoms in total. The fourth-order valence-electron chi connectivity index (χ4n) is 3.62. The SMILES string of the molecule is COc1cc(C[NH+]2CCC(C(=O)NCCC(C)C)CC2)cc(OC)c1OC. The van der Waals surface area contributed by atoms with Gasteiger partial charge >= 0.3 is 0 Å². The lowest BCUT2D eigenvalue weighted by Crippen LogP contribution is -3.11. The van der Waals surface area contributed by atoms with E-state index >= 15 is 0 Å². The molecule has 0 unspecified atom stereocenters. The molecule has 0 saturated carbocycles. The maximum atomic E-state index is 12.3. The molecule has 1 saturated heterocycles. The Kier molecular flexibility index (Phi) is 8.23. The van der Waals surface area contributed by atoms with Gasteiger partial charge in [-0.25, -0.2) is 0 Å². The van der Waals surface area contributed by atoms with E-state index in [1.807, 2.05) is 12.1 Å². The lowest BCUT2D eigenvalue weighted by molar-refractivity contribution is -0.919. The van der Waals surface area contributed by atoms with Gasteiger partial charge in [-0.2, -0.15) is 0 Å². The number of nitrogens with one attached hydrogen (secondary N) is 2. The van der Waals surface area contributed by atoms with Gasteiger partial charge in [0, 0.05) is 30.9 Å². The first-order chi connectivity index (χ1) is 13.0. The molecule has 1 fully saturated rings. The highest BCUT2D eigenvalue weighted by Gasteiger charge is 2.27. The largest absolute Gasteiger partial charge is 0.493 e. The van der Waals surface area contributed by atoms with Crippen molar-refractivity contribution in [3.05, 3.63) is 17.7 Å². The topological polar surface area (TPSA) is 61.2 Å². The molecule has 2 rings (SSSR count). The first-order valence-electron chi connectivity index (χ1n) is 9.88. The molecule has 152 valence electrons. The monoisotopic (exact) mass is 379 g/mol. The van der Waals surface area contributed by atoms with Crippen LogP contribution < -0.4 is 24.4 Å². The fraction of sp³-hybridized carbons (Fsp3) is 0.667. The Morgan fingerprint density at radius 3 is 2.19 bits per heavy atom. The molecule has 0 aromatic heterocycles. The molecule has 2 N–H and O–H groups in total. The van der Waals surface area contributed by atoms with Crippen molar-refractivity contribution in [1.29, 1.82) is 0 Å². The lowest BCUT2D eigenvalue weighted by atomic mass is 9.95. The second-order valence-electron chi connectivity index (χ2n) is 7.71. The Labute approximate surface area is 163 Å². The Balaban J connectivity index is 1.89. The third-order valence-electron chi connectivity index (χ3n) is 5.26. The Bertz CT molecular complexity index is 585. The van der Waals surface area contributed by atoms with Crippen LogP contribution >= 0.6 is 0 Å². The number of hydrogen-bond acceptors (Lipinski definition) is 4. The van der Waals surface area contributed by atoms with Gasteiger partial charge in [0.25, 0.3) is 0 Å². The zero-order valence-electron chi connectivity index (χ0n) is 17.4. The highest BCUT2D eigenvalue weighted by atomic mass is 16.5. The van der Waals surface area contributed by atoms with Gasteiger partial charge in [0.1, 0.15) is 6.54 Å². The van der Waals surface area contributed by atoms with Crippen LogP contribution in [0.25, 0.3) is 0 Å². The van der Waals surface area contributed by atoms with Crippen molar-refractivity contribution < 1.29 is 23.9 Å². The Morgan fingerprint density at radius 1 is 1.11 bits per heavy atom. The van der Waals surface area contributed by atoms with Crippen LogP contribution in [0.2, 0.25) is 0 Å². The summed E-state index contributed by atoms with van der Waals surface area (Å²) in [6, 6.07) is 4.03. The van der Waals surface area contributed by atoms with E-state index in [9.17, 15) is 4.79 Å². The number of methoxy groups -OCH3 is 3. The van der Waals surface area contributed by atoms with Gasteiger partial charge in [0.15, 0.2) is 11.5 Å². The summed E-state index contributed by atoms with van der Waals surface area (Å²) in [4.78, 5) is 13.8. The van der Waals surface area contributed by atoms with Crippen molar-refractivity contribution in [3.63, 3.8) is 0 Å². The Morgan fingerprint density at radius 2 is 1.70 bits per heavy atom. The van der Waals surface area contributed by atoms with E-state index in [0.717, 1.165) is 51.0 Å². The number of carbonyl (C=O) groups is 1. The van der Waals surface area contributed by atoms with Gasteiger partial charge in [0.05, 0.1) is 34.4 Å². The van der Waals surface area contributed by atoms with Crippen molar-refractivity contribution >= 4 is 5.91 Å². The maximum Gasteiger partial charge on any atom is 0.223 e. The molecule has 1 aromatic carbocycles. The highest BCUT2D eigenvalue weighted by Crippen LogP contribution is 2.38. The van der Waals surface area contributed by atoms with Gasteiger partial charge in [-0.15, -0.1) is 0 Å². The Hall–Kier alpha value is -1.95. The average Bonchev–Trinajstić information content (AvgIpc) is 2.67. The molecule has 1 heterocycles. The number of benzene rings is 1. The van der Waals surface area contributed by atoms with Gasteiger partial charge < -0.3 is 24.4 Å². The van der Waals surface area contributed by atoms with Gasteiger partial charge in [-0.05, 0) is 24.5 Å². The van der Waals surface area contributed by atoms with Crippen molar-refractivity contribution in [1.82, 2.24) is 5.32 Å². The zero-order chi connectivity index (χ0) is 19.8. The van der Waals surface area contributed by atoms with Crippen LogP contribution in [-0.4, -0.2) is 46.9 Å². The lowest BCUT2D eigenvalue weighted by Gasteiger charge is -2.29. The van der Waals surface area contributed by atoms with Crippen molar-refractivity contribution in [2.24, 2.45) is 11.8 Å². The van der Waals surface area contributed by atoms with E-state index in [2.05, 4.69) is 19.2 Å². The van der Waals surface area contributed by atoms with E-state index in [4.69, 9.17) is 14.2 Å². The molecular weight excluding hydrogens is 344 g/mol. The summed E-state index contributed by atoms with van der Waals surface area (Å²) in [5.41, 5.74) is 1.15. The van der Waals surface area contributed by atoms with Crippen LogP contribution in [0.1, 0.15) is 38.7 Å². The van der Waals surface area contributed by atoms with Gasteiger partial charge in [-0.1, -0.05) is 13.8 Å². The number of carbonyl (C=O) groups excluding carboxylic acids is 1. The van der Waals surface area contributed by atoms with Crippen molar-refractivity contribution in [2.75, 3.05) is 41.0 Å². The molecular formula is C21H35N2O4+. The quantitative estimate of drug-likeness (QED) is 0.685. The number of piperidine rings is 1.